The molecule has 1 aromatic rings. The third-order valence-corrected chi connectivity index (χ3v) is 3.28. The van der Waals surface area contributed by atoms with Gasteiger partial charge in [-0.2, -0.15) is 0 Å². The normalized spacial score (nSPS) is 16.0. The average molecular weight is 291 g/mol. The SMILES string of the molecule is COc1ccc(/C=C\C(=O)OCCN2CCOCC2)cc1. The van der Waals surface area contributed by atoms with Crippen LogP contribution in [0.5, 0.6) is 5.75 Å². The highest BCUT2D eigenvalue weighted by molar-refractivity contribution is 5.87. The van der Waals surface area contributed by atoms with Crippen LogP contribution in [0, 0.1) is 0 Å². The van der Waals surface area contributed by atoms with Gasteiger partial charge in [0.25, 0.3) is 0 Å². The Morgan fingerprint density at radius 2 is 2.00 bits per heavy atom. The van der Waals surface area contributed by atoms with E-state index in [0.717, 1.165) is 44.2 Å². The summed E-state index contributed by atoms with van der Waals surface area (Å²) in [5, 5.41) is 0. The molecule has 114 valence electrons. The molecule has 0 N–H and O–H groups in total. The number of methoxy groups -OCH3 is 1. The predicted molar refractivity (Wildman–Crippen MR) is 80.2 cm³/mol. The Morgan fingerprint density at radius 3 is 2.67 bits per heavy atom. The number of nitrogens with zero attached hydrogens (tertiary/aromatic N) is 1. The van der Waals surface area contributed by atoms with Gasteiger partial charge >= 0.3 is 5.97 Å². The van der Waals surface area contributed by atoms with E-state index in [2.05, 4.69) is 4.90 Å². The third kappa shape index (κ3) is 5.57. The number of hydrogen-bond donors (Lipinski definition) is 0. The Kier molecular flexibility index (Phi) is 6.24. The van der Waals surface area contributed by atoms with Crippen LogP contribution in [-0.2, 0) is 14.3 Å². The van der Waals surface area contributed by atoms with Crippen molar-refractivity contribution in [3.8, 4) is 5.75 Å². The average Bonchev–Trinajstić information content (AvgIpc) is 2.54. The molecule has 0 spiro atoms. The minimum Gasteiger partial charge on any atom is -0.497 e. The Labute approximate surface area is 125 Å². The number of hydrogen-bond acceptors (Lipinski definition) is 5. The zero-order valence-electron chi connectivity index (χ0n) is 12.3. The van der Waals surface area contributed by atoms with Crippen LogP contribution in [0.4, 0.5) is 0 Å². The number of carbonyl (C=O) groups excluding carboxylic acids is 1. The van der Waals surface area contributed by atoms with Crippen LogP contribution >= 0.6 is 0 Å². The van der Waals surface area contributed by atoms with Gasteiger partial charge in [-0.25, -0.2) is 4.79 Å². The van der Waals surface area contributed by atoms with Crippen LogP contribution in [0.2, 0.25) is 0 Å². The molecule has 1 aliphatic heterocycles. The van der Waals surface area contributed by atoms with Gasteiger partial charge in [0, 0.05) is 25.7 Å². The molecule has 0 bridgehead atoms. The molecule has 0 radical (unpaired) electrons. The topological polar surface area (TPSA) is 48.0 Å². The van der Waals surface area contributed by atoms with Crippen molar-refractivity contribution in [1.29, 1.82) is 0 Å². The predicted octanol–water partition coefficient (Wildman–Crippen LogP) is 1.58. The smallest absolute Gasteiger partial charge is 0.330 e. The number of benzene rings is 1. The molecule has 0 saturated carbocycles. The van der Waals surface area contributed by atoms with E-state index in [1.54, 1.807) is 13.2 Å². The summed E-state index contributed by atoms with van der Waals surface area (Å²) in [6.07, 6.45) is 3.18. The Morgan fingerprint density at radius 1 is 1.29 bits per heavy atom. The summed E-state index contributed by atoms with van der Waals surface area (Å²) in [5.41, 5.74) is 0.931. The fourth-order valence-corrected chi connectivity index (χ4v) is 2.03. The Balaban J connectivity index is 1.69. The van der Waals surface area contributed by atoms with Crippen molar-refractivity contribution in [2.24, 2.45) is 0 Å². The first-order chi connectivity index (χ1) is 10.3. The van der Waals surface area contributed by atoms with Gasteiger partial charge in [-0.3, -0.25) is 4.90 Å². The van der Waals surface area contributed by atoms with Crippen LogP contribution in [0.25, 0.3) is 6.08 Å². The zero-order chi connectivity index (χ0) is 14.9. The van der Waals surface area contributed by atoms with Crippen LogP contribution < -0.4 is 4.74 Å². The summed E-state index contributed by atoms with van der Waals surface area (Å²) in [6, 6.07) is 7.47. The highest BCUT2D eigenvalue weighted by Gasteiger charge is 2.10. The lowest BCUT2D eigenvalue weighted by atomic mass is 10.2. The zero-order valence-corrected chi connectivity index (χ0v) is 12.3. The van der Waals surface area contributed by atoms with Crippen LogP contribution in [-0.4, -0.2) is 57.4 Å². The molecule has 1 saturated heterocycles. The molecule has 5 heteroatoms. The lowest BCUT2D eigenvalue weighted by Gasteiger charge is -2.25. The van der Waals surface area contributed by atoms with Gasteiger partial charge < -0.3 is 14.2 Å². The first-order valence-corrected chi connectivity index (χ1v) is 7.07. The van der Waals surface area contributed by atoms with E-state index in [4.69, 9.17) is 14.2 Å². The summed E-state index contributed by atoms with van der Waals surface area (Å²) < 4.78 is 15.5. The second-order valence-electron chi connectivity index (χ2n) is 4.73. The molecule has 0 aromatic heterocycles. The van der Waals surface area contributed by atoms with E-state index < -0.39 is 0 Å². The van der Waals surface area contributed by atoms with Crippen molar-refractivity contribution in [3.63, 3.8) is 0 Å². The lowest BCUT2D eigenvalue weighted by molar-refractivity contribution is -0.138. The summed E-state index contributed by atoms with van der Waals surface area (Å²) >= 11 is 0. The van der Waals surface area contributed by atoms with E-state index >= 15 is 0 Å². The van der Waals surface area contributed by atoms with Crippen LogP contribution in [0.15, 0.2) is 30.3 Å². The molecule has 1 fully saturated rings. The molecule has 0 atom stereocenters. The minimum absolute atomic E-state index is 0.320. The molecule has 1 heterocycles. The maximum absolute atomic E-state index is 11.6. The van der Waals surface area contributed by atoms with Crippen molar-refractivity contribution in [1.82, 2.24) is 4.90 Å². The first-order valence-electron chi connectivity index (χ1n) is 7.07. The number of esters is 1. The highest BCUT2D eigenvalue weighted by Crippen LogP contribution is 2.12. The van der Waals surface area contributed by atoms with E-state index in [1.807, 2.05) is 24.3 Å². The largest absolute Gasteiger partial charge is 0.497 e. The molecule has 1 aliphatic rings. The van der Waals surface area contributed by atoms with E-state index in [0.29, 0.717) is 6.61 Å². The van der Waals surface area contributed by atoms with Gasteiger partial charge in [0.2, 0.25) is 0 Å². The van der Waals surface area contributed by atoms with Gasteiger partial charge in [0.05, 0.1) is 20.3 Å². The van der Waals surface area contributed by atoms with Crippen molar-refractivity contribution in [2.45, 2.75) is 0 Å². The summed E-state index contributed by atoms with van der Waals surface area (Å²) in [6.45, 7) is 4.48. The minimum atomic E-state index is -0.320. The molecule has 1 aromatic carbocycles. The van der Waals surface area contributed by atoms with E-state index in [1.165, 1.54) is 6.08 Å². The highest BCUT2D eigenvalue weighted by atomic mass is 16.5. The molecular formula is C16H21NO4. The van der Waals surface area contributed by atoms with Crippen LogP contribution in [0.1, 0.15) is 5.56 Å². The molecule has 2 rings (SSSR count). The third-order valence-electron chi connectivity index (χ3n) is 3.28. The van der Waals surface area contributed by atoms with Gasteiger partial charge in [-0.15, -0.1) is 0 Å². The van der Waals surface area contributed by atoms with E-state index in [9.17, 15) is 4.79 Å². The summed E-state index contributed by atoms with van der Waals surface area (Å²) in [5.74, 6) is 0.472. The molecule has 5 nitrogen and oxygen atoms in total. The van der Waals surface area contributed by atoms with Gasteiger partial charge in [-0.1, -0.05) is 12.1 Å². The lowest BCUT2D eigenvalue weighted by Crippen LogP contribution is -2.38. The standard InChI is InChI=1S/C16H21NO4/c1-19-15-5-2-14(3-6-15)4-7-16(18)21-13-10-17-8-11-20-12-9-17/h2-7H,8-13H2,1H3/b7-4-. The number of ether oxygens (including phenoxy) is 3. The second-order valence-corrected chi connectivity index (χ2v) is 4.73. The van der Waals surface area contributed by atoms with E-state index in [-0.39, 0.29) is 5.97 Å². The fraction of sp³-hybridized carbons (Fsp3) is 0.438. The van der Waals surface area contributed by atoms with Gasteiger partial charge in [-0.05, 0) is 23.8 Å². The summed E-state index contributed by atoms with van der Waals surface area (Å²) in [4.78, 5) is 13.8. The molecule has 0 aliphatic carbocycles. The van der Waals surface area contributed by atoms with Gasteiger partial charge in [0.1, 0.15) is 12.4 Å². The van der Waals surface area contributed by atoms with Crippen molar-refractivity contribution in [3.05, 3.63) is 35.9 Å². The van der Waals surface area contributed by atoms with Crippen molar-refractivity contribution in [2.75, 3.05) is 46.6 Å². The summed E-state index contributed by atoms with van der Waals surface area (Å²) in [7, 11) is 1.62. The van der Waals surface area contributed by atoms with Crippen molar-refractivity contribution < 1.29 is 19.0 Å². The molecule has 0 amide bonds. The second kappa shape index (κ2) is 8.44. The maximum Gasteiger partial charge on any atom is 0.330 e. The van der Waals surface area contributed by atoms with Crippen LogP contribution in [0.3, 0.4) is 0 Å². The molecule has 0 unspecified atom stereocenters. The Hall–Kier alpha value is -1.85. The van der Waals surface area contributed by atoms with Gasteiger partial charge in [0.15, 0.2) is 0 Å². The first kappa shape index (κ1) is 15.5. The number of morpholine rings is 1. The van der Waals surface area contributed by atoms with Crippen molar-refractivity contribution >= 4 is 12.0 Å². The quantitative estimate of drug-likeness (QED) is 0.588. The number of carbonyl (C=O) groups is 1. The Bertz CT molecular complexity index is 464. The number of rotatable bonds is 6. The maximum atomic E-state index is 11.6. The fourth-order valence-electron chi connectivity index (χ4n) is 2.03. The molecular weight excluding hydrogens is 270 g/mol. The monoisotopic (exact) mass is 291 g/mol. The molecule has 21 heavy (non-hydrogen) atoms.